The molecule has 0 saturated carbocycles. The fourth-order valence-electron chi connectivity index (χ4n) is 3.89. The van der Waals surface area contributed by atoms with Crippen LogP contribution in [0.25, 0.3) is 0 Å². The number of aryl methyl sites for hydroxylation is 2. The Morgan fingerprint density at radius 1 is 1.19 bits per heavy atom. The highest BCUT2D eigenvalue weighted by Gasteiger charge is 2.22. The Kier molecular flexibility index (Phi) is 6.73. The van der Waals surface area contributed by atoms with E-state index in [1.807, 2.05) is 30.7 Å². The molecule has 0 radical (unpaired) electrons. The van der Waals surface area contributed by atoms with Crippen LogP contribution >= 0.6 is 0 Å². The van der Waals surface area contributed by atoms with Gasteiger partial charge in [-0.05, 0) is 31.4 Å². The van der Waals surface area contributed by atoms with Gasteiger partial charge in [0.15, 0.2) is 11.8 Å². The molecule has 0 aliphatic carbocycles. The summed E-state index contributed by atoms with van der Waals surface area (Å²) in [6.45, 7) is 8.22. The summed E-state index contributed by atoms with van der Waals surface area (Å²) < 4.78 is 7.80. The van der Waals surface area contributed by atoms with E-state index in [1.165, 1.54) is 11.1 Å². The van der Waals surface area contributed by atoms with Gasteiger partial charge < -0.3 is 19.9 Å². The lowest BCUT2D eigenvalue weighted by atomic mass is 9.99. The van der Waals surface area contributed by atoms with E-state index in [9.17, 15) is 0 Å². The maximum atomic E-state index is 5.83. The highest BCUT2D eigenvalue weighted by molar-refractivity contribution is 5.80. The smallest absolute Gasteiger partial charge is 0.192 e. The van der Waals surface area contributed by atoms with Crippen molar-refractivity contribution >= 4 is 5.96 Å². The molecule has 4 rings (SSSR count). The van der Waals surface area contributed by atoms with Crippen molar-refractivity contribution in [3.63, 3.8) is 0 Å². The summed E-state index contributed by atoms with van der Waals surface area (Å²) in [6, 6.07) is 17.0. The minimum absolute atomic E-state index is 0.140. The van der Waals surface area contributed by atoms with Crippen molar-refractivity contribution in [1.82, 2.24) is 25.4 Å². The molecule has 2 N–H and O–H groups in total. The maximum Gasteiger partial charge on any atom is 0.192 e. The average Bonchev–Trinajstić information content (AvgIpc) is 3.13. The molecule has 1 aliphatic heterocycles. The second kappa shape index (κ2) is 9.85. The molecule has 0 fully saturated rings. The molecule has 2 heterocycles. The third-order valence-electron chi connectivity index (χ3n) is 6.02. The Hall–Kier alpha value is -3.35. The Balaban J connectivity index is 1.51. The normalized spacial score (nSPS) is 16.8. The number of guanidine groups is 1. The van der Waals surface area contributed by atoms with E-state index in [4.69, 9.17) is 9.73 Å². The molecule has 2 atom stereocenters. The quantitative estimate of drug-likeness (QED) is 0.458. The van der Waals surface area contributed by atoms with Gasteiger partial charge in [-0.2, -0.15) is 0 Å². The van der Waals surface area contributed by atoms with Gasteiger partial charge >= 0.3 is 0 Å². The number of benzene rings is 2. The molecule has 0 spiro atoms. The number of fused-ring (bicyclic) bond motifs is 1. The standard InChI is InChI=1S/C25H32N6O/c1-17-8-7-9-20(14-17)18(2)15-26-25(27-16-24-30-29-19(3)31(24)4)28-22-12-13-32-23-11-6-5-10-21(22)23/h5-11,14,18,22H,12-13,15-16H2,1-4H3,(H2,26,27,28). The number of hydrogen-bond acceptors (Lipinski definition) is 4. The van der Waals surface area contributed by atoms with Crippen molar-refractivity contribution in [3.8, 4) is 5.75 Å². The molecular formula is C25H32N6O. The predicted molar refractivity (Wildman–Crippen MR) is 127 cm³/mol. The van der Waals surface area contributed by atoms with E-state index in [0.29, 0.717) is 19.1 Å². The molecule has 7 heteroatoms. The van der Waals surface area contributed by atoms with Gasteiger partial charge in [-0.3, -0.25) is 0 Å². The van der Waals surface area contributed by atoms with E-state index < -0.39 is 0 Å². The zero-order valence-corrected chi connectivity index (χ0v) is 19.3. The Labute approximate surface area is 189 Å². The molecule has 3 aromatic rings. The van der Waals surface area contributed by atoms with E-state index in [1.54, 1.807) is 0 Å². The number of ether oxygens (including phenoxy) is 1. The Morgan fingerprint density at radius 2 is 2.03 bits per heavy atom. The fraction of sp³-hybridized carbons (Fsp3) is 0.400. The minimum Gasteiger partial charge on any atom is -0.493 e. The van der Waals surface area contributed by atoms with Gasteiger partial charge in [0.25, 0.3) is 0 Å². The summed E-state index contributed by atoms with van der Waals surface area (Å²) in [5.41, 5.74) is 3.75. The highest BCUT2D eigenvalue weighted by atomic mass is 16.5. The SMILES string of the molecule is Cc1cccc(C(C)CNC(=NCc2nnc(C)n2C)NC2CCOc3ccccc32)c1. The van der Waals surface area contributed by atoms with Gasteiger partial charge in [0.05, 0.1) is 12.6 Å². The first-order chi connectivity index (χ1) is 15.5. The van der Waals surface area contributed by atoms with Gasteiger partial charge in [0.2, 0.25) is 0 Å². The van der Waals surface area contributed by atoms with Crippen LogP contribution in [0.5, 0.6) is 5.75 Å². The predicted octanol–water partition coefficient (Wildman–Crippen LogP) is 3.79. The number of nitrogens with one attached hydrogen (secondary N) is 2. The average molecular weight is 433 g/mol. The topological polar surface area (TPSA) is 76.4 Å². The van der Waals surface area contributed by atoms with E-state index in [-0.39, 0.29) is 6.04 Å². The molecule has 168 valence electrons. The first-order valence-electron chi connectivity index (χ1n) is 11.2. The van der Waals surface area contributed by atoms with Crippen LogP contribution in [-0.2, 0) is 13.6 Å². The summed E-state index contributed by atoms with van der Waals surface area (Å²) in [5.74, 6) is 3.77. The van der Waals surface area contributed by atoms with Crippen molar-refractivity contribution in [3.05, 3.63) is 76.9 Å². The summed E-state index contributed by atoms with van der Waals surface area (Å²) >= 11 is 0. The lowest BCUT2D eigenvalue weighted by molar-refractivity contribution is 0.261. The summed E-state index contributed by atoms with van der Waals surface area (Å²) in [7, 11) is 1.97. The van der Waals surface area contributed by atoms with Gasteiger partial charge in [-0.1, -0.05) is 55.0 Å². The number of para-hydroxylation sites is 1. The van der Waals surface area contributed by atoms with Crippen LogP contribution in [0, 0.1) is 13.8 Å². The van der Waals surface area contributed by atoms with Crippen LogP contribution in [0.1, 0.15) is 53.6 Å². The van der Waals surface area contributed by atoms with Crippen molar-refractivity contribution < 1.29 is 4.74 Å². The van der Waals surface area contributed by atoms with Gasteiger partial charge in [-0.15, -0.1) is 10.2 Å². The van der Waals surface area contributed by atoms with E-state index >= 15 is 0 Å². The van der Waals surface area contributed by atoms with Crippen molar-refractivity contribution in [1.29, 1.82) is 0 Å². The molecule has 0 saturated heterocycles. The minimum atomic E-state index is 0.140. The Bertz CT molecular complexity index is 1090. The molecule has 1 aromatic heterocycles. The van der Waals surface area contributed by atoms with Crippen molar-refractivity contribution in [2.24, 2.45) is 12.0 Å². The zero-order valence-electron chi connectivity index (χ0n) is 19.3. The molecule has 2 unspecified atom stereocenters. The zero-order chi connectivity index (χ0) is 22.5. The fourth-order valence-corrected chi connectivity index (χ4v) is 3.89. The lowest BCUT2D eigenvalue weighted by Crippen LogP contribution is -2.42. The number of aromatic nitrogens is 3. The maximum absolute atomic E-state index is 5.83. The summed E-state index contributed by atoms with van der Waals surface area (Å²) in [6.07, 6.45) is 0.883. The molecular weight excluding hydrogens is 400 g/mol. The highest BCUT2D eigenvalue weighted by Crippen LogP contribution is 2.31. The van der Waals surface area contributed by atoms with Crippen LogP contribution in [0.15, 0.2) is 53.5 Å². The van der Waals surface area contributed by atoms with Crippen LogP contribution in [-0.4, -0.2) is 33.9 Å². The van der Waals surface area contributed by atoms with Crippen LogP contribution in [0.2, 0.25) is 0 Å². The number of hydrogen-bond donors (Lipinski definition) is 2. The molecule has 0 amide bonds. The van der Waals surface area contributed by atoms with E-state index in [2.05, 4.69) is 71.1 Å². The van der Waals surface area contributed by atoms with Crippen molar-refractivity contribution in [2.45, 2.75) is 45.7 Å². The number of nitrogens with zero attached hydrogens (tertiary/aromatic N) is 4. The van der Waals surface area contributed by atoms with Crippen LogP contribution < -0.4 is 15.4 Å². The number of rotatable bonds is 6. The molecule has 2 aromatic carbocycles. The summed E-state index contributed by atoms with van der Waals surface area (Å²) in [4.78, 5) is 4.85. The second-order valence-electron chi connectivity index (χ2n) is 8.46. The van der Waals surface area contributed by atoms with Crippen LogP contribution in [0.3, 0.4) is 0 Å². The first kappa shape index (κ1) is 21.9. The molecule has 1 aliphatic rings. The van der Waals surface area contributed by atoms with Gasteiger partial charge in [0, 0.05) is 25.6 Å². The molecule has 7 nitrogen and oxygen atoms in total. The van der Waals surface area contributed by atoms with Gasteiger partial charge in [0.1, 0.15) is 18.1 Å². The molecule has 0 bridgehead atoms. The lowest BCUT2D eigenvalue weighted by Gasteiger charge is -2.28. The first-order valence-corrected chi connectivity index (χ1v) is 11.2. The monoisotopic (exact) mass is 432 g/mol. The third kappa shape index (κ3) is 5.10. The van der Waals surface area contributed by atoms with E-state index in [0.717, 1.165) is 41.9 Å². The van der Waals surface area contributed by atoms with Crippen LogP contribution in [0.4, 0.5) is 0 Å². The Morgan fingerprint density at radius 3 is 2.81 bits per heavy atom. The number of aliphatic imine (C=N–C) groups is 1. The second-order valence-corrected chi connectivity index (χ2v) is 8.46. The third-order valence-corrected chi connectivity index (χ3v) is 6.02. The largest absolute Gasteiger partial charge is 0.493 e. The van der Waals surface area contributed by atoms with Gasteiger partial charge in [-0.25, -0.2) is 4.99 Å². The summed E-state index contributed by atoms with van der Waals surface area (Å²) in [5, 5.41) is 15.6. The van der Waals surface area contributed by atoms with Crippen molar-refractivity contribution in [2.75, 3.05) is 13.2 Å². The molecule has 32 heavy (non-hydrogen) atoms.